The topological polar surface area (TPSA) is 127 Å². The number of benzene rings is 1. The number of aromatic amines is 1. The second-order valence-electron chi connectivity index (χ2n) is 7.01. The van der Waals surface area contributed by atoms with Crippen molar-refractivity contribution in [1.82, 2.24) is 25.7 Å². The van der Waals surface area contributed by atoms with Gasteiger partial charge in [0.1, 0.15) is 6.04 Å². The number of aromatic nitrogens is 2. The van der Waals surface area contributed by atoms with E-state index in [0.717, 1.165) is 10.7 Å². The first-order valence-electron chi connectivity index (χ1n) is 9.47. The number of nitrogens with zero attached hydrogens (tertiary/aromatic N) is 2. The Hall–Kier alpha value is -3.20. The number of carboxylic acids is 1. The van der Waals surface area contributed by atoms with E-state index in [-0.39, 0.29) is 18.9 Å². The van der Waals surface area contributed by atoms with E-state index in [1.165, 1.54) is 0 Å². The van der Waals surface area contributed by atoms with Crippen molar-refractivity contribution in [2.24, 2.45) is 5.92 Å². The number of amides is 2. The molecule has 0 aliphatic carbocycles. The van der Waals surface area contributed by atoms with Crippen LogP contribution in [0.3, 0.4) is 0 Å². The second kappa shape index (κ2) is 11.0. The van der Waals surface area contributed by atoms with Crippen molar-refractivity contribution < 1.29 is 19.5 Å². The summed E-state index contributed by atoms with van der Waals surface area (Å²) in [4.78, 5) is 43.7. The van der Waals surface area contributed by atoms with Gasteiger partial charge in [0.15, 0.2) is 0 Å². The first-order chi connectivity index (χ1) is 13.9. The van der Waals surface area contributed by atoms with Crippen LogP contribution >= 0.6 is 0 Å². The predicted molar refractivity (Wildman–Crippen MR) is 107 cm³/mol. The molecule has 0 unspecified atom stereocenters. The lowest BCUT2D eigenvalue weighted by Crippen LogP contribution is -2.56. The lowest BCUT2D eigenvalue weighted by Gasteiger charge is -2.30. The molecule has 9 heteroatoms. The minimum atomic E-state index is -1.10. The number of carboxylic acid groups (broad SMARTS) is 1. The lowest BCUT2D eigenvalue weighted by molar-refractivity contribution is -0.153. The Labute approximate surface area is 169 Å². The van der Waals surface area contributed by atoms with E-state index < -0.39 is 23.8 Å². The molecule has 156 valence electrons. The quantitative estimate of drug-likeness (QED) is 0.419. The molecular formula is C20H27N5O4. The van der Waals surface area contributed by atoms with Crippen LogP contribution in [0.25, 0.3) is 0 Å². The maximum absolute atomic E-state index is 12.8. The summed E-state index contributed by atoms with van der Waals surface area (Å²) in [6, 6.07) is 7.47. The molecule has 4 N–H and O–H groups in total. The third-order valence-corrected chi connectivity index (χ3v) is 4.21. The zero-order valence-corrected chi connectivity index (χ0v) is 16.6. The molecule has 0 spiro atoms. The molecular weight excluding hydrogens is 374 g/mol. The van der Waals surface area contributed by atoms with Gasteiger partial charge < -0.3 is 15.4 Å². The van der Waals surface area contributed by atoms with Crippen molar-refractivity contribution >= 4 is 17.8 Å². The zero-order valence-electron chi connectivity index (χ0n) is 16.6. The van der Waals surface area contributed by atoms with Gasteiger partial charge in [-0.25, -0.2) is 15.2 Å². The first kappa shape index (κ1) is 22.1. The number of carbonyl (C=O) groups is 3. The van der Waals surface area contributed by atoms with Crippen LogP contribution in [0.1, 0.15) is 36.3 Å². The Morgan fingerprint density at radius 1 is 1.21 bits per heavy atom. The molecule has 2 aromatic rings. The van der Waals surface area contributed by atoms with Crippen LogP contribution < -0.4 is 10.7 Å². The highest BCUT2D eigenvalue weighted by atomic mass is 16.4. The van der Waals surface area contributed by atoms with Gasteiger partial charge >= 0.3 is 5.97 Å². The minimum Gasteiger partial charge on any atom is -0.480 e. The molecule has 9 nitrogen and oxygen atoms in total. The van der Waals surface area contributed by atoms with Gasteiger partial charge in [0, 0.05) is 24.7 Å². The molecule has 0 aliphatic rings. The van der Waals surface area contributed by atoms with E-state index in [0.29, 0.717) is 18.5 Å². The molecule has 0 radical (unpaired) electrons. The molecule has 2 amide bonds. The van der Waals surface area contributed by atoms with Crippen molar-refractivity contribution in [2.45, 2.75) is 32.7 Å². The average molecular weight is 401 g/mol. The molecule has 1 aromatic carbocycles. The molecule has 0 saturated heterocycles. The first-order valence-corrected chi connectivity index (χ1v) is 9.47. The number of imidazole rings is 1. The zero-order chi connectivity index (χ0) is 21.2. The maximum atomic E-state index is 12.8. The fraction of sp³-hybridized carbons (Fsp3) is 0.400. The molecule has 0 bridgehead atoms. The highest BCUT2D eigenvalue weighted by Gasteiger charge is 2.30. The van der Waals surface area contributed by atoms with Crippen LogP contribution in [-0.2, 0) is 16.0 Å². The van der Waals surface area contributed by atoms with E-state index in [4.69, 9.17) is 0 Å². The molecule has 0 fully saturated rings. The van der Waals surface area contributed by atoms with Gasteiger partial charge in [-0.05, 0) is 24.5 Å². The number of hydrogen-bond donors (Lipinski definition) is 4. The summed E-state index contributed by atoms with van der Waals surface area (Å²) in [5.74, 6) is -1.96. The highest BCUT2D eigenvalue weighted by molar-refractivity contribution is 5.96. The van der Waals surface area contributed by atoms with Crippen LogP contribution in [0.2, 0.25) is 0 Å². The summed E-state index contributed by atoms with van der Waals surface area (Å²) in [6.07, 6.45) is 4.08. The fourth-order valence-corrected chi connectivity index (χ4v) is 2.80. The van der Waals surface area contributed by atoms with E-state index in [9.17, 15) is 19.5 Å². The summed E-state index contributed by atoms with van der Waals surface area (Å²) in [5.41, 5.74) is 4.12. The molecule has 29 heavy (non-hydrogen) atoms. The van der Waals surface area contributed by atoms with Crippen LogP contribution in [0.4, 0.5) is 0 Å². The van der Waals surface area contributed by atoms with Crippen molar-refractivity contribution in [3.05, 3.63) is 54.1 Å². The van der Waals surface area contributed by atoms with Crippen molar-refractivity contribution in [3.63, 3.8) is 0 Å². The standard InChI is InChI=1S/C20H27N5O4/c1-14(2)10-17(20(28)29)25(24-9-8-16-11-21-13-23-16)18(26)12-22-19(27)15-6-4-3-5-7-15/h3-7,11,13-14,17,24H,8-10,12H2,1-2H3,(H,21,23)(H,22,27)(H,28,29)/t17-/m0/s1. The minimum absolute atomic E-state index is 0.0680. The van der Waals surface area contributed by atoms with Gasteiger partial charge in [-0.2, -0.15) is 0 Å². The number of hydrogen-bond acceptors (Lipinski definition) is 5. The van der Waals surface area contributed by atoms with E-state index >= 15 is 0 Å². The van der Waals surface area contributed by atoms with Gasteiger partial charge in [-0.3, -0.25) is 14.6 Å². The van der Waals surface area contributed by atoms with Crippen molar-refractivity contribution in [3.8, 4) is 0 Å². The van der Waals surface area contributed by atoms with Gasteiger partial charge in [0.25, 0.3) is 11.8 Å². The predicted octanol–water partition coefficient (Wildman–Crippen LogP) is 1.21. The Balaban J connectivity index is 2.03. The summed E-state index contributed by atoms with van der Waals surface area (Å²) in [7, 11) is 0. The SMILES string of the molecule is CC(C)C[C@@H](C(=O)O)N(NCCc1c[nH]cn1)C(=O)CNC(=O)c1ccccc1. The summed E-state index contributed by atoms with van der Waals surface area (Å²) in [6.45, 7) is 3.79. The monoisotopic (exact) mass is 401 g/mol. The van der Waals surface area contributed by atoms with E-state index in [1.807, 2.05) is 13.8 Å². The number of rotatable bonds is 11. The van der Waals surface area contributed by atoms with Gasteiger partial charge in [0.05, 0.1) is 18.6 Å². The Morgan fingerprint density at radius 2 is 1.93 bits per heavy atom. The third-order valence-electron chi connectivity index (χ3n) is 4.21. The molecule has 0 saturated carbocycles. The Bertz CT molecular complexity index is 792. The summed E-state index contributed by atoms with van der Waals surface area (Å²) >= 11 is 0. The normalized spacial score (nSPS) is 11.8. The second-order valence-corrected chi connectivity index (χ2v) is 7.01. The van der Waals surface area contributed by atoms with E-state index in [1.54, 1.807) is 42.9 Å². The van der Waals surface area contributed by atoms with Crippen molar-refractivity contribution in [1.29, 1.82) is 0 Å². The number of nitrogens with one attached hydrogen (secondary N) is 3. The number of carbonyl (C=O) groups excluding carboxylic acids is 2. The molecule has 2 rings (SSSR count). The van der Waals surface area contributed by atoms with Crippen LogP contribution in [0.15, 0.2) is 42.9 Å². The van der Waals surface area contributed by atoms with Gasteiger partial charge in [-0.1, -0.05) is 32.0 Å². The average Bonchev–Trinajstić information content (AvgIpc) is 3.21. The van der Waals surface area contributed by atoms with Gasteiger partial charge in [-0.15, -0.1) is 0 Å². The number of hydrazine groups is 1. The lowest BCUT2D eigenvalue weighted by atomic mass is 10.0. The van der Waals surface area contributed by atoms with Crippen LogP contribution in [-0.4, -0.2) is 57.0 Å². The molecule has 0 aliphatic heterocycles. The molecule has 1 atom stereocenters. The van der Waals surface area contributed by atoms with Crippen LogP contribution in [0.5, 0.6) is 0 Å². The highest BCUT2D eigenvalue weighted by Crippen LogP contribution is 2.11. The number of H-pyrrole nitrogens is 1. The Morgan fingerprint density at radius 3 is 2.52 bits per heavy atom. The Kier molecular flexibility index (Phi) is 8.35. The van der Waals surface area contributed by atoms with Crippen LogP contribution in [0, 0.1) is 5.92 Å². The third kappa shape index (κ3) is 7.04. The number of aliphatic carboxylic acids is 1. The molecule has 1 heterocycles. The van der Waals surface area contributed by atoms with Crippen molar-refractivity contribution in [2.75, 3.05) is 13.1 Å². The van der Waals surface area contributed by atoms with E-state index in [2.05, 4.69) is 20.7 Å². The van der Waals surface area contributed by atoms with Gasteiger partial charge in [0.2, 0.25) is 0 Å². The summed E-state index contributed by atoms with van der Waals surface area (Å²) < 4.78 is 0. The fourth-order valence-electron chi connectivity index (χ4n) is 2.80. The molecule has 1 aromatic heterocycles. The smallest absolute Gasteiger partial charge is 0.328 e. The largest absolute Gasteiger partial charge is 0.480 e. The maximum Gasteiger partial charge on any atom is 0.328 e. The summed E-state index contributed by atoms with van der Waals surface area (Å²) in [5, 5.41) is 13.3.